The van der Waals surface area contributed by atoms with E-state index in [2.05, 4.69) is 15.3 Å². The van der Waals surface area contributed by atoms with E-state index in [1.54, 1.807) is 13.4 Å². The van der Waals surface area contributed by atoms with E-state index in [4.69, 9.17) is 10.5 Å². The molecule has 1 aromatic rings. The van der Waals surface area contributed by atoms with Gasteiger partial charge in [0.05, 0.1) is 7.11 Å². The molecule has 1 aromatic carbocycles. The fourth-order valence-corrected chi connectivity index (χ4v) is 2.59. The van der Waals surface area contributed by atoms with Crippen LogP contribution in [0.1, 0.15) is 18.4 Å². The van der Waals surface area contributed by atoms with Gasteiger partial charge in [0.15, 0.2) is 0 Å². The lowest BCUT2D eigenvalue weighted by Crippen LogP contribution is -2.16. The highest BCUT2D eigenvalue weighted by Crippen LogP contribution is 2.35. The maximum absolute atomic E-state index is 12.2. The first-order valence-electron chi connectivity index (χ1n) is 7.23. The van der Waals surface area contributed by atoms with Crippen molar-refractivity contribution in [3.8, 4) is 5.75 Å². The summed E-state index contributed by atoms with van der Waals surface area (Å²) in [4.78, 5) is 20.8. The number of fused-ring (bicyclic) bond motifs is 1. The highest BCUT2D eigenvalue weighted by atomic mass is 16.5. The summed E-state index contributed by atoms with van der Waals surface area (Å²) in [6.45, 7) is 0.614. The number of aliphatic imine (C=N–C) groups is 2. The van der Waals surface area contributed by atoms with Gasteiger partial charge in [-0.15, -0.1) is 0 Å². The Labute approximate surface area is 128 Å². The molecular weight excluding hydrogens is 280 g/mol. The lowest BCUT2D eigenvalue weighted by atomic mass is 10.0. The van der Waals surface area contributed by atoms with Gasteiger partial charge in [-0.1, -0.05) is 0 Å². The first-order valence-corrected chi connectivity index (χ1v) is 7.23. The molecule has 0 aliphatic carbocycles. The fraction of sp³-hybridized carbons (Fsp3) is 0.312. The van der Waals surface area contributed by atoms with Crippen LogP contribution in [0.4, 0.5) is 5.69 Å². The number of amides is 1. The Morgan fingerprint density at radius 2 is 2.32 bits per heavy atom. The second-order valence-electron chi connectivity index (χ2n) is 5.17. The van der Waals surface area contributed by atoms with Crippen LogP contribution in [-0.4, -0.2) is 37.7 Å². The Kier molecular flexibility index (Phi) is 4.02. The van der Waals surface area contributed by atoms with Crippen molar-refractivity contribution in [1.82, 2.24) is 0 Å². The zero-order valence-electron chi connectivity index (χ0n) is 12.4. The predicted octanol–water partition coefficient (Wildman–Crippen LogP) is 1.62. The number of rotatable bonds is 5. The summed E-state index contributed by atoms with van der Waals surface area (Å²) in [6.07, 6.45) is 5.06. The minimum absolute atomic E-state index is 0.122. The molecule has 3 rings (SSSR count). The number of nitrogens with one attached hydrogen (secondary N) is 1. The van der Waals surface area contributed by atoms with Gasteiger partial charge in [0.25, 0.3) is 5.91 Å². The third-order valence-corrected chi connectivity index (χ3v) is 3.76. The summed E-state index contributed by atoms with van der Waals surface area (Å²) in [5.74, 6) is 0.594. The van der Waals surface area contributed by atoms with Gasteiger partial charge in [-0.25, -0.2) is 4.99 Å². The van der Waals surface area contributed by atoms with E-state index in [1.165, 1.54) is 0 Å². The van der Waals surface area contributed by atoms with Crippen molar-refractivity contribution in [3.63, 3.8) is 0 Å². The van der Waals surface area contributed by atoms with Crippen LogP contribution in [0.25, 0.3) is 5.57 Å². The van der Waals surface area contributed by atoms with Crippen molar-refractivity contribution in [2.24, 2.45) is 15.7 Å². The van der Waals surface area contributed by atoms with Crippen molar-refractivity contribution in [2.75, 3.05) is 19.0 Å². The van der Waals surface area contributed by atoms with Crippen LogP contribution in [0.2, 0.25) is 0 Å². The quantitative estimate of drug-likeness (QED) is 0.809. The number of carbonyl (C=O) groups excluding carboxylic acids is 1. The molecule has 6 heteroatoms. The molecule has 2 heterocycles. The molecule has 0 bridgehead atoms. The maximum atomic E-state index is 12.2. The summed E-state index contributed by atoms with van der Waals surface area (Å²) >= 11 is 0. The molecule has 3 N–H and O–H groups in total. The van der Waals surface area contributed by atoms with Gasteiger partial charge in [0.1, 0.15) is 18.1 Å². The third kappa shape index (κ3) is 2.65. The van der Waals surface area contributed by atoms with Gasteiger partial charge in [0.2, 0.25) is 0 Å². The monoisotopic (exact) mass is 298 g/mol. The summed E-state index contributed by atoms with van der Waals surface area (Å²) in [7, 11) is 1.61. The average Bonchev–Trinajstić information content (AvgIpc) is 3.10. The van der Waals surface area contributed by atoms with Crippen LogP contribution in [0.3, 0.4) is 0 Å². The largest absolute Gasteiger partial charge is 0.497 e. The molecule has 1 atom stereocenters. The van der Waals surface area contributed by atoms with E-state index >= 15 is 0 Å². The van der Waals surface area contributed by atoms with Crippen molar-refractivity contribution in [3.05, 3.63) is 29.8 Å². The number of carbonyl (C=O) groups is 1. The SMILES string of the molecule is COc1ccc2c(c1)/C(=C/C1N=CN=C1CCCN)C(=O)N2. The Hall–Kier alpha value is -2.47. The topological polar surface area (TPSA) is 89.1 Å². The number of anilines is 1. The minimum atomic E-state index is -0.190. The molecule has 1 unspecified atom stereocenters. The van der Waals surface area contributed by atoms with E-state index in [1.807, 2.05) is 24.3 Å². The lowest BCUT2D eigenvalue weighted by Gasteiger charge is -2.08. The lowest BCUT2D eigenvalue weighted by molar-refractivity contribution is -0.110. The summed E-state index contributed by atoms with van der Waals surface area (Å²) < 4.78 is 5.23. The molecule has 0 aromatic heterocycles. The van der Waals surface area contributed by atoms with Gasteiger partial charge in [-0.3, -0.25) is 9.79 Å². The highest BCUT2D eigenvalue weighted by molar-refractivity contribution is 6.32. The molecule has 2 aliphatic heterocycles. The van der Waals surface area contributed by atoms with Gasteiger partial charge >= 0.3 is 0 Å². The van der Waals surface area contributed by atoms with E-state index in [9.17, 15) is 4.79 Å². The maximum Gasteiger partial charge on any atom is 0.256 e. The Balaban J connectivity index is 1.90. The van der Waals surface area contributed by atoms with Crippen LogP contribution in [0.15, 0.2) is 34.3 Å². The standard InChI is InChI=1S/C16H18N4O2/c1-22-10-4-5-13-11(7-10)12(16(21)20-13)8-15-14(3-2-6-17)18-9-19-15/h4-5,7-9,15H,2-3,6,17H2,1H3,(H,20,21)/b12-8-. The fourth-order valence-electron chi connectivity index (χ4n) is 2.59. The molecule has 22 heavy (non-hydrogen) atoms. The summed E-state index contributed by atoms with van der Waals surface area (Å²) in [5.41, 5.74) is 8.73. The first-order chi connectivity index (χ1) is 10.7. The molecular formula is C16H18N4O2. The molecule has 0 radical (unpaired) electrons. The number of benzene rings is 1. The molecule has 1 amide bonds. The normalized spacial score (nSPS) is 21.0. The van der Waals surface area contributed by atoms with Gasteiger partial charge in [-0.05, 0) is 43.7 Å². The second-order valence-corrected chi connectivity index (χ2v) is 5.17. The van der Waals surface area contributed by atoms with E-state index < -0.39 is 0 Å². The van der Waals surface area contributed by atoms with E-state index in [-0.39, 0.29) is 11.9 Å². The van der Waals surface area contributed by atoms with Crippen molar-refractivity contribution >= 4 is 29.2 Å². The molecule has 0 saturated heterocycles. The van der Waals surface area contributed by atoms with Crippen LogP contribution < -0.4 is 15.8 Å². The summed E-state index contributed by atoms with van der Waals surface area (Å²) in [5, 5.41) is 2.86. The Morgan fingerprint density at radius 3 is 3.09 bits per heavy atom. The summed E-state index contributed by atoms with van der Waals surface area (Å²) in [6, 6.07) is 5.33. The van der Waals surface area contributed by atoms with Crippen molar-refractivity contribution in [2.45, 2.75) is 18.9 Å². The van der Waals surface area contributed by atoms with Gasteiger partial charge in [0, 0.05) is 22.5 Å². The molecule has 0 spiro atoms. The van der Waals surface area contributed by atoms with Crippen molar-refractivity contribution in [1.29, 1.82) is 0 Å². The number of hydrogen-bond donors (Lipinski definition) is 2. The number of methoxy groups -OCH3 is 1. The zero-order chi connectivity index (χ0) is 15.5. The second kappa shape index (κ2) is 6.11. The number of nitrogens with zero attached hydrogens (tertiary/aromatic N) is 2. The molecule has 2 aliphatic rings. The van der Waals surface area contributed by atoms with Crippen LogP contribution in [0.5, 0.6) is 5.75 Å². The van der Waals surface area contributed by atoms with Crippen LogP contribution in [-0.2, 0) is 4.79 Å². The molecule has 114 valence electrons. The minimum Gasteiger partial charge on any atom is -0.497 e. The van der Waals surface area contributed by atoms with E-state index in [0.29, 0.717) is 17.9 Å². The number of hydrogen-bond acceptors (Lipinski definition) is 5. The Morgan fingerprint density at radius 1 is 1.45 bits per heavy atom. The van der Waals surface area contributed by atoms with Gasteiger partial charge < -0.3 is 15.8 Å². The van der Waals surface area contributed by atoms with Crippen LogP contribution in [0, 0.1) is 0 Å². The smallest absolute Gasteiger partial charge is 0.256 e. The van der Waals surface area contributed by atoms with Crippen LogP contribution >= 0.6 is 0 Å². The number of nitrogens with two attached hydrogens (primary N) is 1. The molecule has 0 fully saturated rings. The zero-order valence-corrected chi connectivity index (χ0v) is 12.4. The number of ether oxygens (including phenoxy) is 1. The predicted molar refractivity (Wildman–Crippen MR) is 87.6 cm³/mol. The average molecular weight is 298 g/mol. The Bertz CT molecular complexity index is 691. The molecule has 6 nitrogen and oxygen atoms in total. The highest BCUT2D eigenvalue weighted by Gasteiger charge is 2.27. The molecule has 0 saturated carbocycles. The van der Waals surface area contributed by atoms with Crippen molar-refractivity contribution < 1.29 is 9.53 Å². The van der Waals surface area contributed by atoms with Gasteiger partial charge in [-0.2, -0.15) is 0 Å². The van der Waals surface area contributed by atoms with E-state index in [0.717, 1.165) is 29.8 Å². The first kappa shape index (κ1) is 14.5. The third-order valence-electron chi connectivity index (χ3n) is 3.76.